The first kappa shape index (κ1) is 14.8. The van der Waals surface area contributed by atoms with Gasteiger partial charge in [-0.15, -0.1) is 0 Å². The van der Waals surface area contributed by atoms with Gasteiger partial charge in [-0.2, -0.15) is 0 Å². The van der Waals surface area contributed by atoms with Crippen molar-refractivity contribution in [3.8, 4) is 0 Å². The fraction of sp³-hybridized carbons (Fsp3) is 0.923. The van der Waals surface area contributed by atoms with Gasteiger partial charge >= 0.3 is 5.97 Å². The monoisotopic (exact) mass is 289 g/mol. The molecule has 0 spiro atoms. The standard InChI is InChI=1S/C13H23NO4S/c1-2-13(12(15)16)8-9-14(10-13)19(17,18)11-6-4-3-5-7-11/h11H,2-10H2,1H3,(H,15,16). The van der Waals surface area contributed by atoms with Crippen LogP contribution in [-0.2, 0) is 14.8 Å². The number of carboxylic acids is 1. The van der Waals surface area contributed by atoms with Crippen molar-refractivity contribution in [3.05, 3.63) is 0 Å². The summed E-state index contributed by atoms with van der Waals surface area (Å²) in [5, 5.41) is 9.05. The zero-order chi connectivity index (χ0) is 14.1. The fourth-order valence-corrected chi connectivity index (χ4v) is 5.36. The maximum Gasteiger partial charge on any atom is 0.311 e. The molecule has 6 heteroatoms. The van der Waals surface area contributed by atoms with Gasteiger partial charge in [-0.3, -0.25) is 4.79 Å². The SMILES string of the molecule is CCC1(C(=O)O)CCN(S(=O)(=O)C2CCCCC2)C1. The molecule has 0 radical (unpaired) electrons. The summed E-state index contributed by atoms with van der Waals surface area (Å²) in [6.45, 7) is 2.33. The molecule has 110 valence electrons. The van der Waals surface area contributed by atoms with Gasteiger partial charge in [0.15, 0.2) is 0 Å². The van der Waals surface area contributed by atoms with Crippen LogP contribution < -0.4 is 0 Å². The first-order valence-electron chi connectivity index (χ1n) is 7.15. The van der Waals surface area contributed by atoms with Gasteiger partial charge in [0.2, 0.25) is 10.0 Å². The lowest BCUT2D eigenvalue weighted by Gasteiger charge is -2.28. The molecule has 0 bridgehead atoms. The first-order chi connectivity index (χ1) is 8.92. The summed E-state index contributed by atoms with van der Waals surface area (Å²) in [4.78, 5) is 11.4. The number of carboxylic acid groups (broad SMARTS) is 1. The molecule has 2 fully saturated rings. The van der Waals surface area contributed by atoms with E-state index in [0.29, 0.717) is 19.4 Å². The lowest BCUT2D eigenvalue weighted by atomic mass is 9.85. The molecule has 2 rings (SSSR count). The van der Waals surface area contributed by atoms with Crippen molar-refractivity contribution in [3.63, 3.8) is 0 Å². The van der Waals surface area contributed by atoms with Gasteiger partial charge in [-0.25, -0.2) is 12.7 Å². The van der Waals surface area contributed by atoms with Crippen LogP contribution >= 0.6 is 0 Å². The Labute approximate surface area is 115 Å². The number of sulfonamides is 1. The van der Waals surface area contributed by atoms with Crippen molar-refractivity contribution < 1.29 is 18.3 Å². The Kier molecular flexibility index (Phi) is 4.20. The van der Waals surface area contributed by atoms with Crippen LogP contribution in [0, 0.1) is 5.41 Å². The Morgan fingerprint density at radius 3 is 2.42 bits per heavy atom. The normalized spacial score (nSPS) is 30.6. The van der Waals surface area contributed by atoms with Crippen molar-refractivity contribution >= 4 is 16.0 Å². The lowest BCUT2D eigenvalue weighted by molar-refractivity contribution is -0.148. The number of rotatable bonds is 4. The van der Waals surface area contributed by atoms with Gasteiger partial charge < -0.3 is 5.11 Å². The molecule has 1 saturated carbocycles. The maximum absolute atomic E-state index is 12.5. The second-order valence-electron chi connectivity index (χ2n) is 5.83. The number of hydrogen-bond acceptors (Lipinski definition) is 3. The Morgan fingerprint density at radius 2 is 1.95 bits per heavy atom. The van der Waals surface area contributed by atoms with Gasteiger partial charge in [0, 0.05) is 13.1 Å². The van der Waals surface area contributed by atoms with Gasteiger partial charge in [0.1, 0.15) is 0 Å². The summed E-state index contributed by atoms with van der Waals surface area (Å²) in [6.07, 6.45) is 5.42. The highest BCUT2D eigenvalue weighted by Gasteiger charge is 2.48. The number of nitrogens with zero attached hydrogens (tertiary/aromatic N) is 1. The molecule has 1 heterocycles. The number of carbonyl (C=O) groups is 1. The Morgan fingerprint density at radius 1 is 1.32 bits per heavy atom. The van der Waals surface area contributed by atoms with Crippen molar-refractivity contribution in [1.29, 1.82) is 0 Å². The average Bonchev–Trinajstić information content (AvgIpc) is 2.86. The molecule has 1 saturated heterocycles. The molecular formula is C13H23NO4S. The first-order valence-corrected chi connectivity index (χ1v) is 8.65. The molecule has 0 aromatic rings. The molecule has 1 aliphatic heterocycles. The van der Waals surface area contributed by atoms with Gasteiger partial charge in [0.25, 0.3) is 0 Å². The third-order valence-corrected chi connectivity index (χ3v) is 7.13. The minimum Gasteiger partial charge on any atom is -0.481 e. The van der Waals surface area contributed by atoms with Crippen LogP contribution in [0.4, 0.5) is 0 Å². The van der Waals surface area contributed by atoms with Crippen LogP contribution in [0.5, 0.6) is 0 Å². The largest absolute Gasteiger partial charge is 0.481 e. The summed E-state index contributed by atoms with van der Waals surface area (Å²) in [6, 6.07) is 0. The summed E-state index contributed by atoms with van der Waals surface area (Å²) in [7, 11) is -3.31. The zero-order valence-corrected chi connectivity index (χ0v) is 12.3. The van der Waals surface area contributed by atoms with E-state index in [1.165, 1.54) is 4.31 Å². The molecule has 0 aromatic carbocycles. The van der Waals surface area contributed by atoms with E-state index < -0.39 is 21.4 Å². The Hall–Kier alpha value is -0.620. The number of hydrogen-bond donors (Lipinski definition) is 1. The molecule has 2 aliphatic rings. The predicted molar refractivity (Wildman–Crippen MR) is 72.3 cm³/mol. The van der Waals surface area contributed by atoms with Crippen LogP contribution in [0.1, 0.15) is 51.9 Å². The summed E-state index contributed by atoms with van der Waals surface area (Å²) < 4.78 is 26.5. The third kappa shape index (κ3) is 2.65. The maximum atomic E-state index is 12.5. The van der Waals surface area contributed by atoms with Crippen LogP contribution in [0.2, 0.25) is 0 Å². The van der Waals surface area contributed by atoms with Gasteiger partial charge in [-0.1, -0.05) is 26.2 Å². The van der Waals surface area contributed by atoms with Gasteiger partial charge in [0.05, 0.1) is 10.7 Å². The molecule has 19 heavy (non-hydrogen) atoms. The zero-order valence-electron chi connectivity index (χ0n) is 11.5. The smallest absolute Gasteiger partial charge is 0.311 e. The predicted octanol–water partition coefficient (Wildman–Crippen LogP) is 1.84. The molecule has 5 nitrogen and oxygen atoms in total. The van der Waals surface area contributed by atoms with E-state index in [1.807, 2.05) is 6.92 Å². The van der Waals surface area contributed by atoms with E-state index in [2.05, 4.69) is 0 Å². The second kappa shape index (κ2) is 5.40. The molecule has 1 aliphatic carbocycles. The van der Waals surface area contributed by atoms with Crippen molar-refractivity contribution in [2.75, 3.05) is 13.1 Å². The topological polar surface area (TPSA) is 74.7 Å². The highest BCUT2D eigenvalue weighted by Crippen LogP contribution is 2.37. The summed E-state index contributed by atoms with van der Waals surface area (Å²) in [5.74, 6) is -0.864. The minimum absolute atomic E-state index is 0.150. The molecular weight excluding hydrogens is 266 g/mol. The second-order valence-corrected chi connectivity index (χ2v) is 8.04. The van der Waals surface area contributed by atoms with E-state index in [4.69, 9.17) is 0 Å². The van der Waals surface area contributed by atoms with Crippen molar-refractivity contribution in [2.45, 2.75) is 57.1 Å². The highest BCUT2D eigenvalue weighted by atomic mass is 32.2. The average molecular weight is 289 g/mol. The van der Waals surface area contributed by atoms with Crippen LogP contribution in [0.25, 0.3) is 0 Å². The van der Waals surface area contributed by atoms with Crippen LogP contribution in [0.15, 0.2) is 0 Å². The van der Waals surface area contributed by atoms with Gasteiger partial charge in [-0.05, 0) is 25.7 Å². The molecule has 0 aromatic heterocycles. The van der Waals surface area contributed by atoms with E-state index in [0.717, 1.165) is 32.1 Å². The molecule has 1 unspecified atom stereocenters. The highest BCUT2D eigenvalue weighted by molar-refractivity contribution is 7.89. The van der Waals surface area contributed by atoms with E-state index >= 15 is 0 Å². The van der Waals surface area contributed by atoms with E-state index in [-0.39, 0.29) is 11.8 Å². The Bertz CT molecular complexity index is 442. The van der Waals surface area contributed by atoms with Crippen molar-refractivity contribution in [1.82, 2.24) is 4.31 Å². The molecule has 1 atom stereocenters. The van der Waals surface area contributed by atoms with E-state index in [9.17, 15) is 18.3 Å². The fourth-order valence-electron chi connectivity index (χ4n) is 3.24. The molecule has 1 N–H and O–H groups in total. The minimum atomic E-state index is -3.31. The summed E-state index contributed by atoms with van der Waals surface area (Å²) in [5.41, 5.74) is -0.873. The van der Waals surface area contributed by atoms with Crippen molar-refractivity contribution in [2.24, 2.45) is 5.41 Å². The quantitative estimate of drug-likeness (QED) is 0.857. The molecule has 0 amide bonds. The number of aliphatic carboxylic acids is 1. The third-order valence-electron chi connectivity index (χ3n) is 4.78. The van der Waals surface area contributed by atoms with E-state index in [1.54, 1.807) is 0 Å². The summed E-state index contributed by atoms with van der Waals surface area (Å²) >= 11 is 0. The Balaban J connectivity index is 2.13. The van der Waals surface area contributed by atoms with Crippen LogP contribution in [-0.4, -0.2) is 42.1 Å². The lowest BCUT2D eigenvalue weighted by Crippen LogP contribution is -2.41. The van der Waals surface area contributed by atoms with Crippen LogP contribution in [0.3, 0.4) is 0 Å².